The SMILES string of the molecule is CC(C)NC(=O)CN.Fc1ccc(-c2[nH]c3c(F)cc(F)cc3c2C2CCC2)cc1. The second-order valence-corrected chi connectivity index (χ2v) is 7.78. The van der Waals surface area contributed by atoms with Gasteiger partial charge in [-0.2, -0.15) is 0 Å². The van der Waals surface area contributed by atoms with Crippen molar-refractivity contribution in [2.75, 3.05) is 6.54 Å². The molecule has 0 bridgehead atoms. The molecule has 0 aliphatic heterocycles. The molecule has 2 aromatic carbocycles. The quantitative estimate of drug-likeness (QED) is 0.560. The number of aromatic nitrogens is 1. The summed E-state index contributed by atoms with van der Waals surface area (Å²) in [7, 11) is 0. The predicted octanol–water partition coefficient (Wildman–Crippen LogP) is 4.99. The number of carbonyl (C=O) groups excluding carboxylic acids is 1. The van der Waals surface area contributed by atoms with Crippen LogP contribution in [-0.4, -0.2) is 23.5 Å². The van der Waals surface area contributed by atoms with E-state index >= 15 is 0 Å². The maximum Gasteiger partial charge on any atom is 0.233 e. The van der Waals surface area contributed by atoms with Crippen molar-refractivity contribution in [2.24, 2.45) is 5.73 Å². The maximum atomic E-state index is 14.1. The molecule has 1 aliphatic rings. The molecule has 7 heteroatoms. The summed E-state index contributed by atoms with van der Waals surface area (Å²) in [6.07, 6.45) is 3.15. The number of hydrogen-bond donors (Lipinski definition) is 3. The van der Waals surface area contributed by atoms with Gasteiger partial charge < -0.3 is 16.0 Å². The molecule has 4 rings (SSSR count). The monoisotopic (exact) mass is 417 g/mol. The minimum Gasteiger partial charge on any atom is -0.353 e. The predicted molar refractivity (Wildman–Crippen MR) is 113 cm³/mol. The van der Waals surface area contributed by atoms with Gasteiger partial charge in [-0.1, -0.05) is 6.42 Å². The molecule has 1 aromatic heterocycles. The van der Waals surface area contributed by atoms with Gasteiger partial charge in [-0.3, -0.25) is 4.79 Å². The summed E-state index contributed by atoms with van der Waals surface area (Å²) in [6, 6.07) is 8.55. The largest absolute Gasteiger partial charge is 0.353 e. The highest BCUT2D eigenvalue weighted by molar-refractivity contribution is 5.92. The number of rotatable bonds is 4. The van der Waals surface area contributed by atoms with Gasteiger partial charge in [0, 0.05) is 17.5 Å². The van der Waals surface area contributed by atoms with E-state index in [4.69, 9.17) is 5.73 Å². The third-order valence-corrected chi connectivity index (χ3v) is 5.15. The molecule has 4 N–H and O–H groups in total. The summed E-state index contributed by atoms with van der Waals surface area (Å²) in [6.45, 7) is 3.87. The molecule has 0 spiro atoms. The van der Waals surface area contributed by atoms with E-state index in [1.807, 2.05) is 13.8 Å². The molecule has 0 saturated heterocycles. The summed E-state index contributed by atoms with van der Waals surface area (Å²) in [5.41, 5.74) is 7.84. The van der Waals surface area contributed by atoms with Crippen LogP contribution < -0.4 is 11.1 Å². The van der Waals surface area contributed by atoms with Gasteiger partial charge in [-0.15, -0.1) is 0 Å². The summed E-state index contributed by atoms with van der Waals surface area (Å²) < 4.78 is 40.8. The van der Waals surface area contributed by atoms with Gasteiger partial charge in [0.15, 0.2) is 0 Å². The second-order valence-electron chi connectivity index (χ2n) is 7.78. The Hall–Kier alpha value is -2.80. The van der Waals surface area contributed by atoms with Crippen molar-refractivity contribution in [2.45, 2.75) is 45.1 Å². The van der Waals surface area contributed by atoms with E-state index in [9.17, 15) is 18.0 Å². The molecule has 3 aromatic rings. The van der Waals surface area contributed by atoms with Crippen molar-refractivity contribution in [1.29, 1.82) is 0 Å². The number of amides is 1. The number of nitrogens with two attached hydrogens (primary N) is 1. The maximum absolute atomic E-state index is 14.1. The van der Waals surface area contributed by atoms with Crippen LogP contribution in [0.15, 0.2) is 36.4 Å². The first-order valence-electron chi connectivity index (χ1n) is 10.1. The van der Waals surface area contributed by atoms with E-state index in [2.05, 4.69) is 10.3 Å². The van der Waals surface area contributed by atoms with Crippen molar-refractivity contribution >= 4 is 16.8 Å². The van der Waals surface area contributed by atoms with Gasteiger partial charge in [-0.05, 0) is 74.1 Å². The lowest BCUT2D eigenvalue weighted by Gasteiger charge is -2.26. The fraction of sp³-hybridized carbons (Fsp3) is 0.348. The lowest BCUT2D eigenvalue weighted by atomic mass is 9.78. The Morgan fingerprint density at radius 2 is 1.80 bits per heavy atom. The minimum atomic E-state index is -0.594. The highest BCUT2D eigenvalue weighted by Gasteiger charge is 2.27. The van der Waals surface area contributed by atoms with Gasteiger partial charge in [0.25, 0.3) is 0 Å². The van der Waals surface area contributed by atoms with E-state index in [1.165, 1.54) is 18.2 Å². The Balaban J connectivity index is 0.000000275. The lowest BCUT2D eigenvalue weighted by molar-refractivity contribution is -0.120. The van der Waals surface area contributed by atoms with Crippen molar-refractivity contribution in [3.63, 3.8) is 0 Å². The first kappa shape index (κ1) is 21.9. The van der Waals surface area contributed by atoms with Crippen LogP contribution in [0, 0.1) is 17.5 Å². The van der Waals surface area contributed by atoms with Crippen LogP contribution in [0.4, 0.5) is 13.2 Å². The lowest BCUT2D eigenvalue weighted by Crippen LogP contribution is -2.35. The minimum absolute atomic E-state index is 0.0815. The second kappa shape index (κ2) is 9.34. The summed E-state index contributed by atoms with van der Waals surface area (Å²) >= 11 is 0. The zero-order chi connectivity index (χ0) is 21.8. The Morgan fingerprint density at radius 3 is 2.30 bits per heavy atom. The first-order valence-corrected chi connectivity index (χ1v) is 10.1. The van der Waals surface area contributed by atoms with Crippen LogP contribution in [0.1, 0.15) is 44.6 Å². The highest BCUT2D eigenvalue weighted by atomic mass is 19.1. The Kier molecular flexibility index (Phi) is 6.82. The summed E-state index contributed by atoms with van der Waals surface area (Å²) in [5.74, 6) is -1.28. The molecule has 160 valence electrons. The van der Waals surface area contributed by atoms with E-state index in [0.717, 1.165) is 42.1 Å². The average molecular weight is 417 g/mol. The fourth-order valence-electron chi connectivity index (χ4n) is 3.59. The smallest absolute Gasteiger partial charge is 0.233 e. The number of nitrogens with one attached hydrogen (secondary N) is 2. The molecule has 1 fully saturated rings. The number of benzene rings is 2. The van der Waals surface area contributed by atoms with Crippen LogP contribution in [0.3, 0.4) is 0 Å². The van der Waals surface area contributed by atoms with E-state index in [1.54, 1.807) is 12.1 Å². The fourth-order valence-corrected chi connectivity index (χ4v) is 3.59. The number of carbonyl (C=O) groups is 1. The third kappa shape index (κ3) is 4.84. The van der Waals surface area contributed by atoms with E-state index < -0.39 is 11.6 Å². The van der Waals surface area contributed by atoms with Crippen molar-refractivity contribution in [3.05, 3.63) is 59.4 Å². The molecule has 1 aliphatic carbocycles. The molecular weight excluding hydrogens is 391 g/mol. The standard InChI is InChI=1S/C18H14F3N.C5H12N2O/c19-12-6-4-11(5-7-12)17-16(10-2-1-3-10)14-8-13(20)9-15(21)18(14)22-17;1-4(2)7-5(8)3-6/h4-10,22H,1-3H2;4H,3,6H2,1-2H3,(H,7,8). The zero-order valence-electron chi connectivity index (χ0n) is 17.1. The van der Waals surface area contributed by atoms with Gasteiger partial charge in [0.2, 0.25) is 5.91 Å². The number of fused-ring (bicyclic) bond motifs is 1. The molecule has 0 atom stereocenters. The van der Waals surface area contributed by atoms with E-state index in [-0.39, 0.29) is 24.3 Å². The third-order valence-electron chi connectivity index (χ3n) is 5.15. The number of H-pyrrole nitrogens is 1. The van der Waals surface area contributed by atoms with Crippen LogP contribution in [-0.2, 0) is 4.79 Å². The number of halogens is 3. The summed E-state index contributed by atoms with van der Waals surface area (Å²) in [4.78, 5) is 13.5. The molecule has 30 heavy (non-hydrogen) atoms. The number of hydrogen-bond acceptors (Lipinski definition) is 2. The molecule has 1 saturated carbocycles. The highest BCUT2D eigenvalue weighted by Crippen LogP contribution is 2.45. The van der Waals surface area contributed by atoms with Gasteiger partial charge in [-0.25, -0.2) is 13.2 Å². The molecule has 1 amide bonds. The topological polar surface area (TPSA) is 70.9 Å². The molecular formula is C23H26F3N3O. The normalized spacial score (nSPS) is 13.7. The summed E-state index contributed by atoms with van der Waals surface area (Å²) in [5, 5.41) is 3.23. The Labute approximate surface area is 173 Å². The van der Waals surface area contributed by atoms with Gasteiger partial charge in [0.1, 0.15) is 17.5 Å². The van der Waals surface area contributed by atoms with Crippen LogP contribution >= 0.6 is 0 Å². The molecule has 4 nitrogen and oxygen atoms in total. The van der Waals surface area contributed by atoms with Crippen LogP contribution in [0.2, 0.25) is 0 Å². The van der Waals surface area contributed by atoms with Gasteiger partial charge in [0.05, 0.1) is 17.8 Å². The van der Waals surface area contributed by atoms with E-state index in [0.29, 0.717) is 16.8 Å². The zero-order valence-corrected chi connectivity index (χ0v) is 17.1. The molecule has 0 radical (unpaired) electrons. The van der Waals surface area contributed by atoms with Crippen molar-refractivity contribution in [1.82, 2.24) is 10.3 Å². The first-order chi connectivity index (χ1) is 14.3. The number of aromatic amines is 1. The van der Waals surface area contributed by atoms with Crippen LogP contribution in [0.5, 0.6) is 0 Å². The van der Waals surface area contributed by atoms with Crippen LogP contribution in [0.25, 0.3) is 22.2 Å². The molecule has 1 heterocycles. The average Bonchev–Trinajstić information content (AvgIpc) is 3.00. The Bertz CT molecular complexity index is 1020. The molecule has 0 unspecified atom stereocenters. The van der Waals surface area contributed by atoms with Gasteiger partial charge >= 0.3 is 0 Å². The van der Waals surface area contributed by atoms with Crippen molar-refractivity contribution < 1.29 is 18.0 Å². The van der Waals surface area contributed by atoms with Crippen molar-refractivity contribution in [3.8, 4) is 11.3 Å². The Morgan fingerprint density at radius 1 is 1.13 bits per heavy atom.